The lowest BCUT2D eigenvalue weighted by atomic mass is 10.0. The molecule has 2 rings (SSSR count). The number of nitrogens with one attached hydrogen (secondary N) is 1. The van der Waals surface area contributed by atoms with Crippen molar-refractivity contribution in [2.75, 3.05) is 12.0 Å². The number of anilines is 1. The maximum Gasteiger partial charge on any atom is 0.350 e. The largest absolute Gasteiger partial charge is 0.462 e. The van der Waals surface area contributed by atoms with Crippen LogP contribution in [0, 0.1) is 6.92 Å². The fraction of sp³-hybridized carbons (Fsp3) is 0.353. The van der Waals surface area contributed by atoms with Crippen molar-refractivity contribution in [3.8, 4) is 0 Å². The van der Waals surface area contributed by atoms with Crippen molar-refractivity contribution >= 4 is 28.7 Å². The lowest BCUT2D eigenvalue weighted by molar-refractivity contribution is 0.0531. The quantitative estimate of drug-likeness (QED) is 0.489. The van der Waals surface area contributed by atoms with Crippen molar-refractivity contribution in [2.24, 2.45) is 5.10 Å². The van der Waals surface area contributed by atoms with Crippen molar-refractivity contribution in [3.05, 3.63) is 46.0 Å². The summed E-state index contributed by atoms with van der Waals surface area (Å²) in [4.78, 5) is 16.5. The van der Waals surface area contributed by atoms with Crippen molar-refractivity contribution in [1.82, 2.24) is 4.98 Å². The highest BCUT2D eigenvalue weighted by Gasteiger charge is 2.15. The molecule has 0 aliphatic heterocycles. The number of hydrazone groups is 1. The van der Waals surface area contributed by atoms with E-state index in [0.717, 1.165) is 5.56 Å². The number of nitrogens with zero attached hydrogens (tertiary/aromatic N) is 2. The summed E-state index contributed by atoms with van der Waals surface area (Å²) in [7, 11) is 0. The van der Waals surface area contributed by atoms with Gasteiger partial charge in [0.05, 0.1) is 18.5 Å². The molecule has 0 saturated carbocycles. The molecule has 0 aliphatic carbocycles. The Morgan fingerprint density at radius 3 is 2.70 bits per heavy atom. The lowest BCUT2D eigenvalue weighted by Gasteiger charge is -2.04. The molecule has 1 aromatic heterocycles. The molecule has 23 heavy (non-hydrogen) atoms. The number of hydrogen-bond donors (Lipinski definition) is 1. The number of aryl methyl sites for hydroxylation is 1. The molecule has 1 N–H and O–H groups in total. The average Bonchev–Trinajstić information content (AvgIpc) is 2.89. The van der Waals surface area contributed by atoms with Crippen LogP contribution in [0.1, 0.15) is 53.2 Å². The van der Waals surface area contributed by atoms with Crippen LogP contribution in [-0.4, -0.2) is 23.8 Å². The van der Waals surface area contributed by atoms with E-state index in [2.05, 4.69) is 41.5 Å². The molecular weight excluding hydrogens is 310 g/mol. The first-order valence-corrected chi connectivity index (χ1v) is 8.36. The van der Waals surface area contributed by atoms with Gasteiger partial charge in [0, 0.05) is 0 Å². The number of esters is 1. The highest BCUT2D eigenvalue weighted by molar-refractivity contribution is 7.17. The molecule has 0 amide bonds. The van der Waals surface area contributed by atoms with Crippen LogP contribution in [0.2, 0.25) is 0 Å². The Labute approximate surface area is 140 Å². The van der Waals surface area contributed by atoms with E-state index in [1.165, 1.54) is 16.9 Å². The number of carbonyl (C=O) groups is 1. The molecule has 0 bridgehead atoms. The van der Waals surface area contributed by atoms with Crippen molar-refractivity contribution < 1.29 is 9.53 Å². The summed E-state index contributed by atoms with van der Waals surface area (Å²) < 4.78 is 4.99. The first-order chi connectivity index (χ1) is 11.0. The fourth-order valence-corrected chi connectivity index (χ4v) is 2.77. The second-order valence-corrected chi connectivity index (χ2v) is 6.34. The molecule has 1 aromatic carbocycles. The third kappa shape index (κ3) is 4.63. The Hall–Kier alpha value is -2.21. The zero-order chi connectivity index (χ0) is 16.8. The molecule has 0 spiro atoms. The Balaban J connectivity index is 2.00. The van der Waals surface area contributed by atoms with Crippen molar-refractivity contribution in [2.45, 2.75) is 33.6 Å². The first kappa shape index (κ1) is 17.1. The van der Waals surface area contributed by atoms with E-state index in [9.17, 15) is 4.79 Å². The summed E-state index contributed by atoms with van der Waals surface area (Å²) >= 11 is 1.24. The topological polar surface area (TPSA) is 63.6 Å². The minimum absolute atomic E-state index is 0.344. The predicted octanol–water partition coefficient (Wildman–Crippen LogP) is 4.20. The van der Waals surface area contributed by atoms with Gasteiger partial charge in [-0.15, -0.1) is 0 Å². The van der Waals surface area contributed by atoms with Gasteiger partial charge in [-0.25, -0.2) is 9.78 Å². The summed E-state index contributed by atoms with van der Waals surface area (Å²) in [6.45, 7) is 8.24. The predicted molar refractivity (Wildman–Crippen MR) is 94.6 cm³/mol. The molecule has 0 unspecified atom stereocenters. The summed E-state index contributed by atoms with van der Waals surface area (Å²) in [5, 5.41) is 4.74. The van der Waals surface area contributed by atoms with Crippen LogP contribution in [-0.2, 0) is 4.74 Å². The van der Waals surface area contributed by atoms with Crippen LogP contribution < -0.4 is 5.43 Å². The molecule has 1 heterocycles. The van der Waals surface area contributed by atoms with E-state index in [1.54, 1.807) is 20.1 Å². The summed E-state index contributed by atoms with van der Waals surface area (Å²) in [5.41, 5.74) is 5.80. The monoisotopic (exact) mass is 331 g/mol. The van der Waals surface area contributed by atoms with Gasteiger partial charge in [-0.1, -0.05) is 49.4 Å². The van der Waals surface area contributed by atoms with Crippen LogP contribution in [0.15, 0.2) is 29.4 Å². The molecule has 0 atom stereocenters. The minimum Gasteiger partial charge on any atom is -0.462 e. The summed E-state index contributed by atoms with van der Waals surface area (Å²) in [5.74, 6) is 0.169. The number of carbonyl (C=O) groups excluding carboxylic acids is 1. The molecule has 0 saturated heterocycles. The Kier molecular flexibility index (Phi) is 5.87. The second kappa shape index (κ2) is 7.87. The molecule has 0 fully saturated rings. The van der Waals surface area contributed by atoms with E-state index >= 15 is 0 Å². The van der Waals surface area contributed by atoms with Crippen LogP contribution >= 0.6 is 11.3 Å². The van der Waals surface area contributed by atoms with Gasteiger partial charge in [0.1, 0.15) is 4.88 Å². The van der Waals surface area contributed by atoms with Crippen LogP contribution in [0.3, 0.4) is 0 Å². The molecular formula is C17H21N3O2S. The van der Waals surface area contributed by atoms with E-state index in [4.69, 9.17) is 4.74 Å². The highest BCUT2D eigenvalue weighted by atomic mass is 32.1. The van der Waals surface area contributed by atoms with Crippen LogP contribution in [0.5, 0.6) is 0 Å². The third-order valence-electron chi connectivity index (χ3n) is 3.23. The number of rotatable bonds is 6. The molecule has 2 aromatic rings. The van der Waals surface area contributed by atoms with E-state index in [-0.39, 0.29) is 5.97 Å². The zero-order valence-electron chi connectivity index (χ0n) is 13.8. The lowest BCUT2D eigenvalue weighted by Crippen LogP contribution is -2.03. The average molecular weight is 331 g/mol. The minimum atomic E-state index is -0.344. The normalized spacial score (nSPS) is 11.2. The van der Waals surface area contributed by atoms with Gasteiger partial charge in [0.25, 0.3) is 0 Å². The van der Waals surface area contributed by atoms with Gasteiger partial charge in [0.15, 0.2) is 0 Å². The van der Waals surface area contributed by atoms with E-state index < -0.39 is 0 Å². The Bertz CT molecular complexity index is 690. The van der Waals surface area contributed by atoms with Gasteiger partial charge < -0.3 is 4.74 Å². The Morgan fingerprint density at radius 1 is 1.39 bits per heavy atom. The van der Waals surface area contributed by atoms with Gasteiger partial charge in [0.2, 0.25) is 5.13 Å². The van der Waals surface area contributed by atoms with Crippen LogP contribution in [0.25, 0.3) is 0 Å². The molecule has 6 heteroatoms. The second-order valence-electron chi connectivity index (χ2n) is 5.35. The first-order valence-electron chi connectivity index (χ1n) is 7.54. The number of benzene rings is 1. The summed E-state index contributed by atoms with van der Waals surface area (Å²) in [6, 6.07) is 8.24. The molecule has 122 valence electrons. The number of thiazole rings is 1. The fourth-order valence-electron chi connectivity index (χ4n) is 1.96. The van der Waals surface area contributed by atoms with Gasteiger partial charge in [-0.2, -0.15) is 5.10 Å². The maximum atomic E-state index is 11.7. The molecule has 0 aliphatic rings. The Morgan fingerprint density at radius 2 is 2.09 bits per heavy atom. The van der Waals surface area contributed by atoms with Crippen LogP contribution in [0.4, 0.5) is 5.13 Å². The maximum absolute atomic E-state index is 11.7. The standard InChI is InChI=1S/C17H21N3O2S/c1-5-22-16(21)15-12(4)19-17(23-15)20-18-10-13-6-8-14(9-7-13)11(2)3/h6-11H,5H2,1-4H3,(H,19,20)/b18-10-. The van der Waals surface area contributed by atoms with Crippen molar-refractivity contribution in [1.29, 1.82) is 0 Å². The van der Waals surface area contributed by atoms with E-state index in [0.29, 0.717) is 28.2 Å². The number of aromatic nitrogens is 1. The highest BCUT2D eigenvalue weighted by Crippen LogP contribution is 2.23. The van der Waals surface area contributed by atoms with Gasteiger partial charge in [-0.3, -0.25) is 5.43 Å². The van der Waals surface area contributed by atoms with Gasteiger partial charge in [-0.05, 0) is 30.9 Å². The number of ether oxygens (including phenoxy) is 1. The van der Waals surface area contributed by atoms with Gasteiger partial charge >= 0.3 is 5.97 Å². The van der Waals surface area contributed by atoms with E-state index in [1.807, 2.05) is 12.1 Å². The third-order valence-corrected chi connectivity index (χ3v) is 4.28. The smallest absolute Gasteiger partial charge is 0.350 e. The van der Waals surface area contributed by atoms with Crippen molar-refractivity contribution in [3.63, 3.8) is 0 Å². The zero-order valence-corrected chi connectivity index (χ0v) is 14.6. The number of hydrogen-bond acceptors (Lipinski definition) is 6. The molecule has 0 radical (unpaired) electrons. The summed E-state index contributed by atoms with van der Waals surface area (Å²) in [6.07, 6.45) is 1.73. The molecule has 5 nitrogen and oxygen atoms in total. The SMILES string of the molecule is CCOC(=O)c1sc(N/N=C\c2ccc(C(C)C)cc2)nc1C.